The van der Waals surface area contributed by atoms with Crippen LogP contribution in [0.1, 0.15) is 0 Å². The molecule has 0 fully saturated rings. The molecule has 4 heterocycles. The molecule has 20 heavy (non-hydrogen) atoms. The molecule has 0 unspecified atom stereocenters. The Hall–Kier alpha value is -2.09. The summed E-state index contributed by atoms with van der Waals surface area (Å²) < 4.78 is 16.5. The van der Waals surface area contributed by atoms with E-state index in [1.165, 1.54) is 0 Å². The zero-order chi connectivity index (χ0) is 13.4. The summed E-state index contributed by atoms with van der Waals surface area (Å²) in [4.78, 5) is 0. The minimum absolute atomic E-state index is 0.408. The SMILES string of the molecule is [c]1nnc2c(c1-c1cc3c(nn1)OCCO3)OCCS2. The van der Waals surface area contributed by atoms with E-state index in [0.717, 1.165) is 10.8 Å². The maximum absolute atomic E-state index is 5.66. The Labute approximate surface area is 118 Å². The molecule has 2 aliphatic rings. The van der Waals surface area contributed by atoms with Crippen LogP contribution in [0, 0.1) is 6.20 Å². The molecule has 0 saturated carbocycles. The normalized spacial score (nSPS) is 16.2. The highest BCUT2D eigenvalue weighted by atomic mass is 32.2. The van der Waals surface area contributed by atoms with Crippen LogP contribution in [0.25, 0.3) is 11.3 Å². The summed E-state index contributed by atoms with van der Waals surface area (Å²) in [5.41, 5.74) is 1.23. The minimum atomic E-state index is 0.408. The van der Waals surface area contributed by atoms with Gasteiger partial charge < -0.3 is 14.2 Å². The van der Waals surface area contributed by atoms with Crippen molar-refractivity contribution in [1.29, 1.82) is 0 Å². The van der Waals surface area contributed by atoms with Gasteiger partial charge in [0, 0.05) is 11.8 Å². The van der Waals surface area contributed by atoms with Crippen molar-refractivity contribution in [2.24, 2.45) is 0 Å². The topological polar surface area (TPSA) is 79.3 Å². The Morgan fingerprint density at radius 1 is 1.05 bits per heavy atom. The van der Waals surface area contributed by atoms with E-state index in [1.54, 1.807) is 17.8 Å². The van der Waals surface area contributed by atoms with Gasteiger partial charge in [0.25, 0.3) is 5.88 Å². The first-order chi connectivity index (χ1) is 9.92. The van der Waals surface area contributed by atoms with Gasteiger partial charge in [-0.2, -0.15) is 0 Å². The molecule has 0 bridgehead atoms. The van der Waals surface area contributed by atoms with Gasteiger partial charge in [0.2, 0.25) is 0 Å². The van der Waals surface area contributed by atoms with Crippen LogP contribution < -0.4 is 14.2 Å². The van der Waals surface area contributed by atoms with E-state index in [9.17, 15) is 0 Å². The minimum Gasteiger partial charge on any atom is -0.489 e. The highest BCUT2D eigenvalue weighted by molar-refractivity contribution is 7.99. The third-order valence-corrected chi connectivity index (χ3v) is 3.77. The van der Waals surface area contributed by atoms with Crippen LogP contribution in [0.15, 0.2) is 11.1 Å². The number of nitrogens with zero attached hydrogens (tertiary/aromatic N) is 4. The molecule has 0 N–H and O–H groups in total. The van der Waals surface area contributed by atoms with Gasteiger partial charge in [0.1, 0.15) is 25.1 Å². The predicted molar refractivity (Wildman–Crippen MR) is 69.1 cm³/mol. The number of fused-ring (bicyclic) bond motifs is 2. The van der Waals surface area contributed by atoms with Crippen molar-refractivity contribution in [2.75, 3.05) is 25.6 Å². The lowest BCUT2D eigenvalue weighted by molar-refractivity contribution is 0.162. The predicted octanol–water partition coefficient (Wildman–Crippen LogP) is 0.989. The second kappa shape index (κ2) is 4.78. The Morgan fingerprint density at radius 3 is 3.00 bits per heavy atom. The third-order valence-electron chi connectivity index (χ3n) is 2.86. The molecule has 2 aliphatic heterocycles. The first-order valence-electron chi connectivity index (χ1n) is 6.09. The van der Waals surface area contributed by atoms with Gasteiger partial charge in [0.05, 0.1) is 12.2 Å². The van der Waals surface area contributed by atoms with Gasteiger partial charge in [-0.15, -0.1) is 20.4 Å². The Bertz CT molecular complexity index is 667. The highest BCUT2D eigenvalue weighted by Gasteiger charge is 2.22. The van der Waals surface area contributed by atoms with Crippen molar-refractivity contribution in [3.8, 4) is 28.6 Å². The van der Waals surface area contributed by atoms with E-state index in [0.29, 0.717) is 48.5 Å². The molecule has 0 spiro atoms. The third kappa shape index (κ3) is 1.92. The summed E-state index contributed by atoms with van der Waals surface area (Å²) in [5, 5.41) is 16.8. The number of aromatic nitrogens is 4. The number of hydrogen-bond donors (Lipinski definition) is 0. The Morgan fingerprint density at radius 2 is 2.00 bits per heavy atom. The van der Waals surface area contributed by atoms with Crippen LogP contribution in [0.2, 0.25) is 0 Å². The Balaban J connectivity index is 1.81. The van der Waals surface area contributed by atoms with Crippen molar-refractivity contribution >= 4 is 11.8 Å². The maximum atomic E-state index is 5.66. The average molecular weight is 289 g/mol. The lowest BCUT2D eigenvalue weighted by Gasteiger charge is -2.19. The van der Waals surface area contributed by atoms with Gasteiger partial charge >= 0.3 is 0 Å². The molecule has 0 aromatic carbocycles. The molecule has 101 valence electrons. The van der Waals surface area contributed by atoms with Crippen molar-refractivity contribution < 1.29 is 14.2 Å². The van der Waals surface area contributed by atoms with Crippen LogP contribution in [0.4, 0.5) is 0 Å². The summed E-state index contributed by atoms with van der Waals surface area (Å²) >= 11 is 1.60. The van der Waals surface area contributed by atoms with Crippen molar-refractivity contribution in [3.05, 3.63) is 12.3 Å². The summed E-state index contributed by atoms with van der Waals surface area (Å²) in [6, 6.07) is 1.76. The first kappa shape index (κ1) is 11.7. The molecule has 2 aromatic rings. The molecule has 4 rings (SSSR count). The second-order valence-corrected chi connectivity index (χ2v) is 5.20. The largest absolute Gasteiger partial charge is 0.489 e. The van der Waals surface area contributed by atoms with E-state index < -0.39 is 0 Å². The van der Waals surface area contributed by atoms with E-state index in [-0.39, 0.29) is 0 Å². The molecular formula is C12H9N4O3S. The van der Waals surface area contributed by atoms with Crippen molar-refractivity contribution in [2.45, 2.75) is 5.03 Å². The van der Waals surface area contributed by atoms with Gasteiger partial charge in [-0.1, -0.05) is 11.8 Å². The van der Waals surface area contributed by atoms with Crippen LogP contribution in [0.5, 0.6) is 17.4 Å². The van der Waals surface area contributed by atoms with Gasteiger partial charge in [-0.25, -0.2) is 0 Å². The van der Waals surface area contributed by atoms with E-state index >= 15 is 0 Å². The molecule has 2 aromatic heterocycles. The van der Waals surface area contributed by atoms with Gasteiger partial charge in [-0.05, 0) is 0 Å². The number of hydrogen-bond acceptors (Lipinski definition) is 8. The molecule has 7 nitrogen and oxygen atoms in total. The summed E-state index contributed by atoms with van der Waals surface area (Å²) in [6.07, 6.45) is 2.82. The molecule has 0 atom stereocenters. The van der Waals surface area contributed by atoms with Gasteiger partial charge in [-0.3, -0.25) is 0 Å². The van der Waals surface area contributed by atoms with E-state index in [2.05, 4.69) is 26.6 Å². The lowest BCUT2D eigenvalue weighted by Crippen LogP contribution is -2.17. The zero-order valence-electron chi connectivity index (χ0n) is 10.3. The standard InChI is InChI=1S/C12H9N4O3S/c1-2-19-11-9(17-1)5-8(14-15-11)7-6-13-16-12-10(7)18-3-4-20-12/h5H,1-4H2. The highest BCUT2D eigenvalue weighted by Crippen LogP contribution is 2.39. The number of rotatable bonds is 1. The molecule has 0 aliphatic carbocycles. The van der Waals surface area contributed by atoms with Crippen molar-refractivity contribution in [1.82, 2.24) is 20.4 Å². The zero-order valence-corrected chi connectivity index (χ0v) is 11.1. The fourth-order valence-electron chi connectivity index (χ4n) is 1.99. The Kier molecular flexibility index (Phi) is 2.80. The molecule has 1 radical (unpaired) electrons. The summed E-state index contributed by atoms with van der Waals surface area (Å²) in [5.74, 6) is 2.50. The van der Waals surface area contributed by atoms with Crippen LogP contribution in [0.3, 0.4) is 0 Å². The van der Waals surface area contributed by atoms with Gasteiger partial charge in [0.15, 0.2) is 16.5 Å². The van der Waals surface area contributed by atoms with Crippen LogP contribution in [-0.4, -0.2) is 46.0 Å². The summed E-state index contributed by atoms with van der Waals surface area (Å²) in [7, 11) is 0. The molecule has 0 amide bonds. The van der Waals surface area contributed by atoms with E-state index in [1.807, 2.05) is 0 Å². The average Bonchev–Trinajstić information content (AvgIpc) is 2.54. The monoisotopic (exact) mass is 289 g/mol. The molecule has 0 saturated heterocycles. The number of thioether (sulfide) groups is 1. The first-order valence-corrected chi connectivity index (χ1v) is 7.08. The van der Waals surface area contributed by atoms with Crippen molar-refractivity contribution in [3.63, 3.8) is 0 Å². The smallest absolute Gasteiger partial charge is 0.276 e. The van der Waals surface area contributed by atoms with Crippen LogP contribution in [-0.2, 0) is 0 Å². The number of ether oxygens (including phenoxy) is 3. The molecule has 8 heteroatoms. The fraction of sp³-hybridized carbons (Fsp3) is 0.333. The van der Waals surface area contributed by atoms with E-state index in [4.69, 9.17) is 14.2 Å². The fourth-order valence-corrected chi connectivity index (χ4v) is 2.74. The maximum Gasteiger partial charge on any atom is 0.276 e. The second-order valence-electron chi connectivity index (χ2n) is 4.11. The summed E-state index contributed by atoms with van der Waals surface area (Å²) in [6.45, 7) is 1.61. The quantitative estimate of drug-likeness (QED) is 0.769. The molecular weight excluding hydrogens is 280 g/mol. The lowest BCUT2D eigenvalue weighted by atomic mass is 10.2. The van der Waals surface area contributed by atoms with Crippen LogP contribution >= 0.6 is 11.8 Å².